The smallest absolute Gasteiger partial charge is 0.335 e. The molecule has 1 atom stereocenters. The minimum Gasteiger partial charge on any atom is -0.507 e. The maximum absolute atomic E-state index is 11.6. The van der Waals surface area contributed by atoms with E-state index in [0.717, 1.165) is 5.56 Å². The zero-order chi connectivity index (χ0) is 14.8. The van der Waals surface area contributed by atoms with Crippen molar-refractivity contribution in [3.8, 4) is 5.75 Å². The van der Waals surface area contributed by atoms with Crippen molar-refractivity contribution in [2.75, 3.05) is 0 Å². The minimum atomic E-state index is -0.603. The molecule has 0 radical (unpaired) electrons. The van der Waals surface area contributed by atoms with E-state index in [0.29, 0.717) is 17.7 Å². The maximum Gasteiger partial charge on any atom is 0.335 e. The van der Waals surface area contributed by atoms with Crippen LogP contribution in [0.1, 0.15) is 23.6 Å². The van der Waals surface area contributed by atoms with Crippen molar-refractivity contribution in [3.63, 3.8) is 0 Å². The van der Waals surface area contributed by atoms with Gasteiger partial charge in [0.2, 0.25) is 0 Å². The van der Waals surface area contributed by atoms with Gasteiger partial charge in [-0.25, -0.2) is 9.80 Å². The first kappa shape index (κ1) is 13.2. The van der Waals surface area contributed by atoms with Gasteiger partial charge in [0.05, 0.1) is 11.8 Å². The number of carbonyl (C=O) groups excluding carboxylic acids is 1. The van der Waals surface area contributed by atoms with Crippen LogP contribution < -0.4 is 5.73 Å². The Morgan fingerprint density at radius 3 is 2.48 bits per heavy atom. The average Bonchev–Trinajstić information content (AvgIpc) is 2.94. The minimum absolute atomic E-state index is 0.148. The number of carbonyl (C=O) groups is 1. The predicted octanol–water partition coefficient (Wildman–Crippen LogP) is 2.62. The van der Waals surface area contributed by atoms with Gasteiger partial charge in [-0.3, -0.25) is 0 Å². The second-order valence-corrected chi connectivity index (χ2v) is 4.88. The zero-order valence-corrected chi connectivity index (χ0v) is 11.3. The molecule has 0 saturated heterocycles. The monoisotopic (exact) mass is 281 g/mol. The van der Waals surface area contributed by atoms with Crippen molar-refractivity contribution in [1.82, 2.24) is 5.01 Å². The van der Waals surface area contributed by atoms with Crippen LogP contribution >= 0.6 is 0 Å². The fourth-order valence-electron chi connectivity index (χ4n) is 2.53. The van der Waals surface area contributed by atoms with Crippen LogP contribution in [0.15, 0.2) is 59.7 Å². The van der Waals surface area contributed by atoms with Crippen molar-refractivity contribution < 1.29 is 9.90 Å². The Labute approximate surface area is 122 Å². The highest BCUT2D eigenvalue weighted by molar-refractivity contribution is 6.04. The van der Waals surface area contributed by atoms with Crippen LogP contribution in [-0.2, 0) is 0 Å². The first-order chi connectivity index (χ1) is 10.2. The van der Waals surface area contributed by atoms with Crippen LogP contribution in [-0.4, -0.2) is 21.9 Å². The van der Waals surface area contributed by atoms with E-state index in [2.05, 4.69) is 5.10 Å². The summed E-state index contributed by atoms with van der Waals surface area (Å²) >= 11 is 0. The van der Waals surface area contributed by atoms with Crippen LogP contribution in [0.3, 0.4) is 0 Å². The Bertz CT molecular complexity index is 698. The topological polar surface area (TPSA) is 78.9 Å². The highest BCUT2D eigenvalue weighted by atomic mass is 16.3. The molecule has 0 bridgehead atoms. The summed E-state index contributed by atoms with van der Waals surface area (Å²) in [5, 5.41) is 15.5. The number of hydrogen-bond acceptors (Lipinski definition) is 3. The van der Waals surface area contributed by atoms with E-state index >= 15 is 0 Å². The number of benzene rings is 2. The number of phenols is 1. The van der Waals surface area contributed by atoms with Gasteiger partial charge in [0.25, 0.3) is 0 Å². The summed E-state index contributed by atoms with van der Waals surface area (Å²) in [5.41, 5.74) is 7.67. The van der Waals surface area contributed by atoms with E-state index in [1.54, 1.807) is 18.2 Å². The number of hydrogen-bond donors (Lipinski definition) is 2. The molecule has 5 nitrogen and oxygen atoms in total. The Morgan fingerprint density at radius 1 is 1.14 bits per heavy atom. The van der Waals surface area contributed by atoms with Crippen LogP contribution in [0.25, 0.3) is 0 Å². The van der Waals surface area contributed by atoms with Crippen LogP contribution in [0.4, 0.5) is 4.79 Å². The van der Waals surface area contributed by atoms with Gasteiger partial charge < -0.3 is 10.8 Å². The van der Waals surface area contributed by atoms with E-state index in [9.17, 15) is 9.90 Å². The van der Waals surface area contributed by atoms with Gasteiger partial charge in [0.1, 0.15) is 5.75 Å². The molecule has 0 fully saturated rings. The molecule has 2 aromatic rings. The number of nitrogens with two attached hydrogens (primary N) is 1. The summed E-state index contributed by atoms with van der Waals surface area (Å²) < 4.78 is 0. The van der Waals surface area contributed by atoms with Crippen molar-refractivity contribution >= 4 is 11.7 Å². The van der Waals surface area contributed by atoms with Gasteiger partial charge in [0, 0.05) is 12.0 Å². The number of phenolic OH excluding ortho intramolecular Hbond substituents is 1. The molecule has 1 heterocycles. The summed E-state index contributed by atoms with van der Waals surface area (Å²) in [6, 6.07) is 15.7. The quantitative estimate of drug-likeness (QED) is 0.887. The second-order valence-electron chi connectivity index (χ2n) is 4.88. The Morgan fingerprint density at radius 2 is 1.81 bits per heavy atom. The number of hydrazone groups is 1. The number of amides is 2. The molecule has 1 aliphatic heterocycles. The molecule has 0 aliphatic carbocycles. The molecule has 0 unspecified atom stereocenters. The molecule has 0 saturated carbocycles. The average molecular weight is 281 g/mol. The lowest BCUT2D eigenvalue weighted by Crippen LogP contribution is -2.31. The molecule has 2 amide bonds. The largest absolute Gasteiger partial charge is 0.507 e. The lowest BCUT2D eigenvalue weighted by atomic mass is 9.98. The van der Waals surface area contributed by atoms with Crippen LogP contribution in [0.5, 0.6) is 5.75 Å². The first-order valence-electron chi connectivity index (χ1n) is 6.66. The predicted molar refractivity (Wildman–Crippen MR) is 79.9 cm³/mol. The summed E-state index contributed by atoms with van der Waals surface area (Å²) in [5.74, 6) is 0.148. The second kappa shape index (κ2) is 5.28. The van der Waals surface area contributed by atoms with Crippen molar-refractivity contribution in [2.24, 2.45) is 10.8 Å². The van der Waals surface area contributed by atoms with E-state index in [4.69, 9.17) is 5.73 Å². The van der Waals surface area contributed by atoms with Crippen LogP contribution in [0, 0.1) is 0 Å². The number of urea groups is 1. The summed E-state index contributed by atoms with van der Waals surface area (Å²) in [4.78, 5) is 11.6. The molecule has 21 heavy (non-hydrogen) atoms. The first-order valence-corrected chi connectivity index (χ1v) is 6.66. The van der Waals surface area contributed by atoms with Gasteiger partial charge in [-0.1, -0.05) is 42.5 Å². The van der Waals surface area contributed by atoms with E-state index in [-0.39, 0.29) is 11.8 Å². The molecule has 3 N–H and O–H groups in total. The number of primary amides is 1. The van der Waals surface area contributed by atoms with Crippen molar-refractivity contribution in [3.05, 3.63) is 65.7 Å². The fourth-order valence-corrected chi connectivity index (χ4v) is 2.53. The maximum atomic E-state index is 11.6. The molecule has 3 rings (SSSR count). The third kappa shape index (κ3) is 2.45. The lowest BCUT2D eigenvalue weighted by Gasteiger charge is -2.19. The Hall–Kier alpha value is -2.82. The summed E-state index contributed by atoms with van der Waals surface area (Å²) in [6.07, 6.45) is 0.518. The molecule has 106 valence electrons. The van der Waals surface area contributed by atoms with Gasteiger partial charge in [-0.15, -0.1) is 0 Å². The summed E-state index contributed by atoms with van der Waals surface area (Å²) in [6.45, 7) is 0. The molecular weight excluding hydrogens is 266 g/mol. The standard InChI is InChI=1S/C16H15N3O2/c17-16(21)19-14(11-6-2-1-3-7-11)10-13(18-19)12-8-4-5-9-15(12)20/h1-9,14,20H,10H2,(H2,17,21)/t14-/m0/s1. The van der Waals surface area contributed by atoms with Crippen molar-refractivity contribution in [2.45, 2.75) is 12.5 Å². The summed E-state index contributed by atoms with van der Waals surface area (Å²) in [7, 11) is 0. The number of nitrogens with zero attached hydrogens (tertiary/aromatic N) is 2. The highest BCUT2D eigenvalue weighted by Crippen LogP contribution is 2.34. The third-order valence-corrected chi connectivity index (χ3v) is 3.54. The lowest BCUT2D eigenvalue weighted by molar-refractivity contribution is 0.196. The Kier molecular flexibility index (Phi) is 3.31. The van der Waals surface area contributed by atoms with Crippen LogP contribution in [0.2, 0.25) is 0 Å². The Balaban J connectivity index is 1.98. The van der Waals surface area contributed by atoms with Gasteiger partial charge in [-0.05, 0) is 17.7 Å². The van der Waals surface area contributed by atoms with Gasteiger partial charge >= 0.3 is 6.03 Å². The fraction of sp³-hybridized carbons (Fsp3) is 0.125. The third-order valence-electron chi connectivity index (χ3n) is 3.54. The van der Waals surface area contributed by atoms with E-state index in [1.165, 1.54) is 5.01 Å². The van der Waals surface area contributed by atoms with Gasteiger partial charge in [0.15, 0.2) is 0 Å². The van der Waals surface area contributed by atoms with Crippen molar-refractivity contribution in [1.29, 1.82) is 0 Å². The molecule has 2 aromatic carbocycles. The molecular formula is C16H15N3O2. The number of aromatic hydroxyl groups is 1. The normalized spacial score (nSPS) is 17.6. The SMILES string of the molecule is NC(=O)N1N=C(c2ccccc2O)C[C@H]1c1ccccc1. The molecule has 0 aromatic heterocycles. The molecule has 5 heteroatoms. The van der Waals surface area contributed by atoms with E-state index in [1.807, 2.05) is 36.4 Å². The molecule has 0 spiro atoms. The molecule has 1 aliphatic rings. The van der Waals surface area contributed by atoms with Gasteiger partial charge in [-0.2, -0.15) is 5.10 Å². The highest BCUT2D eigenvalue weighted by Gasteiger charge is 2.32. The van der Waals surface area contributed by atoms with E-state index < -0.39 is 6.03 Å². The number of para-hydroxylation sites is 1. The zero-order valence-electron chi connectivity index (χ0n) is 11.3. The number of rotatable bonds is 2.